The van der Waals surface area contributed by atoms with Crippen LogP contribution in [0.1, 0.15) is 106 Å². The van der Waals surface area contributed by atoms with Crippen molar-refractivity contribution in [1.29, 1.82) is 0 Å². The number of aliphatic hydroxyl groups is 1. The normalized spacial score (nSPS) is 45.8. The second-order valence-corrected chi connectivity index (χ2v) is 19.5. The van der Waals surface area contributed by atoms with Gasteiger partial charge in [-0.2, -0.15) is 0 Å². The monoisotopic (exact) mass is 462 g/mol. The largest absolute Gasteiger partial charge is 0.414 e. The Morgan fingerprint density at radius 3 is 2.16 bits per heavy atom. The number of rotatable bonds is 4. The molecule has 9 atom stereocenters. The van der Waals surface area contributed by atoms with Crippen LogP contribution in [0.2, 0.25) is 18.1 Å². The highest BCUT2D eigenvalue weighted by atomic mass is 28.4. The molecule has 0 bridgehead atoms. The third-order valence-electron chi connectivity index (χ3n) is 12.0. The maximum Gasteiger partial charge on any atom is 0.192 e. The first-order valence-electron chi connectivity index (χ1n) is 14.1. The molecular formula is C29H54O2Si. The van der Waals surface area contributed by atoms with Crippen molar-refractivity contribution in [1.82, 2.24) is 0 Å². The highest BCUT2D eigenvalue weighted by Crippen LogP contribution is 2.65. The molecule has 0 heterocycles. The Balaban J connectivity index is 1.47. The Hall–Kier alpha value is 0.137. The molecule has 0 radical (unpaired) electrons. The van der Waals surface area contributed by atoms with Gasteiger partial charge in [0.05, 0.1) is 5.60 Å². The van der Waals surface area contributed by atoms with Crippen molar-refractivity contribution in [3.8, 4) is 0 Å². The minimum Gasteiger partial charge on any atom is -0.414 e. The molecule has 4 saturated carbocycles. The lowest BCUT2D eigenvalue weighted by molar-refractivity contribution is -0.124. The average molecular weight is 463 g/mol. The molecule has 0 aromatic carbocycles. The fourth-order valence-corrected chi connectivity index (χ4v) is 10.4. The summed E-state index contributed by atoms with van der Waals surface area (Å²) in [7, 11) is -1.73. The molecule has 0 amide bonds. The van der Waals surface area contributed by atoms with E-state index in [1.807, 2.05) is 0 Å². The van der Waals surface area contributed by atoms with E-state index in [1.54, 1.807) is 0 Å². The van der Waals surface area contributed by atoms with Gasteiger partial charge in [-0.25, -0.2) is 0 Å². The van der Waals surface area contributed by atoms with Crippen molar-refractivity contribution in [2.75, 3.05) is 0 Å². The van der Waals surface area contributed by atoms with Crippen LogP contribution in [0.15, 0.2) is 0 Å². The fraction of sp³-hybridized carbons (Fsp3) is 1.00. The van der Waals surface area contributed by atoms with E-state index in [0.717, 1.165) is 48.3 Å². The molecular weight excluding hydrogens is 408 g/mol. The van der Waals surface area contributed by atoms with Gasteiger partial charge >= 0.3 is 0 Å². The third kappa shape index (κ3) is 4.09. The molecule has 3 heteroatoms. The first-order valence-corrected chi connectivity index (χ1v) is 17.0. The number of hydrogen-bond donors (Lipinski definition) is 1. The highest BCUT2D eigenvalue weighted by Gasteiger charge is 2.59. The summed E-state index contributed by atoms with van der Waals surface area (Å²) in [4.78, 5) is 0. The summed E-state index contributed by atoms with van der Waals surface area (Å²) in [5.41, 5.74) is 0.0786. The standard InChI is InChI=1S/C29H54O2Si/c1-19(2)29(30)17-15-22-21(18-29)10-11-24-23(22)14-16-28(7)25(12-13-26(24)28)20(3)31-32(8,9)27(4,5)6/h19-26,30H,10-18H2,1-9H3/t20?,21-,22+,23-,24-,25?,26+,28-,29-/m1/s1. The van der Waals surface area contributed by atoms with Gasteiger partial charge < -0.3 is 9.53 Å². The molecule has 4 aliphatic carbocycles. The molecule has 4 aliphatic rings. The van der Waals surface area contributed by atoms with Crippen molar-refractivity contribution in [3.63, 3.8) is 0 Å². The SMILES string of the molecule is CC(O[Si](C)(C)C(C)(C)C)C1CC[C@H]2[C@@H]3CC[C@@H]4C[C@@](O)(C(C)C)CC[C@@H]4[C@H]3CC[C@]12C. The van der Waals surface area contributed by atoms with Crippen molar-refractivity contribution >= 4 is 8.32 Å². The van der Waals surface area contributed by atoms with E-state index < -0.39 is 13.9 Å². The van der Waals surface area contributed by atoms with Crippen LogP contribution in [-0.2, 0) is 4.43 Å². The maximum atomic E-state index is 11.2. The van der Waals surface area contributed by atoms with Crippen LogP contribution in [0.4, 0.5) is 0 Å². The van der Waals surface area contributed by atoms with Crippen LogP contribution < -0.4 is 0 Å². The predicted molar refractivity (Wildman–Crippen MR) is 138 cm³/mol. The lowest BCUT2D eigenvalue weighted by Crippen LogP contribution is -2.53. The van der Waals surface area contributed by atoms with E-state index in [9.17, 15) is 5.11 Å². The maximum absolute atomic E-state index is 11.2. The smallest absolute Gasteiger partial charge is 0.192 e. The zero-order valence-electron chi connectivity index (χ0n) is 22.8. The Morgan fingerprint density at radius 2 is 1.53 bits per heavy atom. The highest BCUT2D eigenvalue weighted by molar-refractivity contribution is 6.74. The Bertz CT molecular complexity index is 681. The fourth-order valence-electron chi connectivity index (χ4n) is 8.97. The van der Waals surface area contributed by atoms with Crippen LogP contribution in [0.3, 0.4) is 0 Å². The zero-order valence-corrected chi connectivity index (χ0v) is 23.8. The summed E-state index contributed by atoms with van der Waals surface area (Å²) in [6.45, 7) is 21.5. The molecule has 2 nitrogen and oxygen atoms in total. The van der Waals surface area contributed by atoms with E-state index in [1.165, 1.54) is 44.9 Å². The number of fused-ring (bicyclic) bond motifs is 5. The van der Waals surface area contributed by atoms with Crippen molar-refractivity contribution in [2.24, 2.45) is 46.8 Å². The molecule has 2 unspecified atom stereocenters. The second-order valence-electron chi connectivity index (χ2n) is 14.7. The van der Waals surface area contributed by atoms with Gasteiger partial charge in [-0.15, -0.1) is 0 Å². The molecule has 0 aromatic rings. The molecule has 1 N–H and O–H groups in total. The van der Waals surface area contributed by atoms with E-state index in [2.05, 4.69) is 61.6 Å². The number of hydrogen-bond acceptors (Lipinski definition) is 2. The minimum absolute atomic E-state index is 0.287. The van der Waals surface area contributed by atoms with E-state index in [4.69, 9.17) is 4.43 Å². The quantitative estimate of drug-likeness (QED) is 0.428. The van der Waals surface area contributed by atoms with Crippen LogP contribution in [0, 0.1) is 46.8 Å². The van der Waals surface area contributed by atoms with Gasteiger partial charge in [-0.3, -0.25) is 0 Å². The second kappa shape index (κ2) is 8.37. The first-order chi connectivity index (χ1) is 14.7. The predicted octanol–water partition coefficient (Wildman–Crippen LogP) is 8.05. The van der Waals surface area contributed by atoms with Crippen molar-refractivity contribution in [2.45, 2.75) is 136 Å². The molecule has 32 heavy (non-hydrogen) atoms. The van der Waals surface area contributed by atoms with E-state index >= 15 is 0 Å². The van der Waals surface area contributed by atoms with Gasteiger partial charge in [0, 0.05) is 6.10 Å². The van der Waals surface area contributed by atoms with E-state index in [-0.39, 0.29) is 5.04 Å². The van der Waals surface area contributed by atoms with E-state index in [0.29, 0.717) is 17.4 Å². The van der Waals surface area contributed by atoms with Crippen LogP contribution in [0.5, 0.6) is 0 Å². The lowest BCUT2D eigenvalue weighted by atomic mass is 9.48. The molecule has 0 aromatic heterocycles. The topological polar surface area (TPSA) is 29.5 Å². The van der Waals surface area contributed by atoms with Gasteiger partial charge in [-0.1, -0.05) is 41.5 Å². The molecule has 0 aliphatic heterocycles. The van der Waals surface area contributed by atoms with Gasteiger partial charge in [0.15, 0.2) is 8.32 Å². The summed E-state index contributed by atoms with van der Waals surface area (Å²) in [6.07, 6.45) is 12.2. The average Bonchev–Trinajstić information content (AvgIpc) is 3.03. The van der Waals surface area contributed by atoms with Crippen LogP contribution in [0.25, 0.3) is 0 Å². The van der Waals surface area contributed by atoms with Crippen molar-refractivity contribution in [3.05, 3.63) is 0 Å². The molecule has 186 valence electrons. The van der Waals surface area contributed by atoms with Crippen LogP contribution in [-0.4, -0.2) is 25.1 Å². The van der Waals surface area contributed by atoms with Gasteiger partial charge in [0.25, 0.3) is 0 Å². The minimum atomic E-state index is -1.73. The lowest BCUT2D eigenvalue weighted by Gasteiger charge is -2.58. The van der Waals surface area contributed by atoms with Gasteiger partial charge in [-0.05, 0) is 130 Å². The molecule has 4 rings (SSSR count). The zero-order chi connectivity index (χ0) is 23.7. The Morgan fingerprint density at radius 1 is 0.875 bits per heavy atom. The summed E-state index contributed by atoms with van der Waals surface area (Å²) < 4.78 is 6.98. The Labute approximate surface area is 200 Å². The van der Waals surface area contributed by atoms with Gasteiger partial charge in [0.2, 0.25) is 0 Å². The first kappa shape index (κ1) is 25.2. The molecule has 0 spiro atoms. The summed E-state index contributed by atoms with van der Waals surface area (Å²) in [6, 6.07) is 0. The summed E-state index contributed by atoms with van der Waals surface area (Å²) >= 11 is 0. The summed E-state index contributed by atoms with van der Waals surface area (Å²) in [5, 5.41) is 11.5. The Kier molecular flexibility index (Phi) is 6.60. The third-order valence-corrected chi connectivity index (χ3v) is 16.6. The summed E-state index contributed by atoms with van der Waals surface area (Å²) in [5.74, 6) is 5.57. The molecule has 0 saturated heterocycles. The molecule has 4 fully saturated rings. The van der Waals surface area contributed by atoms with Crippen LogP contribution >= 0.6 is 0 Å². The van der Waals surface area contributed by atoms with Crippen molar-refractivity contribution < 1.29 is 9.53 Å². The van der Waals surface area contributed by atoms with Gasteiger partial charge in [0.1, 0.15) is 0 Å².